The van der Waals surface area contributed by atoms with Crippen molar-refractivity contribution in [2.24, 2.45) is 0 Å². The Morgan fingerprint density at radius 1 is 0.842 bits per heavy atom. The summed E-state index contributed by atoms with van der Waals surface area (Å²) in [5.41, 5.74) is 1.11. The molecular formula is C18H13Cl. The third kappa shape index (κ3) is 2.30. The molecule has 3 aromatic carbocycles. The van der Waals surface area contributed by atoms with Crippen molar-refractivity contribution in [3.8, 4) is 11.8 Å². The minimum absolute atomic E-state index is 0.579. The van der Waals surface area contributed by atoms with Gasteiger partial charge in [-0.15, -0.1) is 11.6 Å². The fourth-order valence-electron chi connectivity index (χ4n) is 2.35. The summed E-state index contributed by atoms with van der Waals surface area (Å²) in [6.45, 7) is 0. The molecule has 19 heavy (non-hydrogen) atoms. The first-order valence-corrected chi connectivity index (χ1v) is 6.89. The molecule has 0 radical (unpaired) electrons. The summed E-state index contributed by atoms with van der Waals surface area (Å²) < 4.78 is 0. The highest BCUT2D eigenvalue weighted by Crippen LogP contribution is 2.27. The zero-order valence-electron chi connectivity index (χ0n) is 10.5. The summed E-state index contributed by atoms with van der Waals surface area (Å²) >= 11 is 5.70. The van der Waals surface area contributed by atoms with Crippen LogP contribution >= 0.6 is 11.6 Å². The van der Waals surface area contributed by atoms with Crippen molar-refractivity contribution >= 4 is 33.1 Å². The topological polar surface area (TPSA) is 0 Å². The van der Waals surface area contributed by atoms with E-state index in [0.29, 0.717) is 5.88 Å². The molecule has 0 aliphatic carbocycles. The normalized spacial score (nSPS) is 10.4. The second kappa shape index (κ2) is 5.34. The summed E-state index contributed by atoms with van der Waals surface area (Å²) in [4.78, 5) is 0. The Kier molecular flexibility index (Phi) is 3.40. The number of rotatable bonds is 1. The molecule has 92 valence electrons. The molecule has 0 N–H and O–H groups in total. The van der Waals surface area contributed by atoms with Crippen molar-refractivity contribution in [1.29, 1.82) is 0 Å². The predicted octanol–water partition coefficient (Wildman–Crippen LogP) is 4.97. The van der Waals surface area contributed by atoms with Crippen LogP contribution in [0.3, 0.4) is 0 Å². The Hall–Kier alpha value is -1.97. The molecule has 0 bridgehead atoms. The minimum Gasteiger partial charge on any atom is -0.126 e. The van der Waals surface area contributed by atoms with E-state index in [0.717, 1.165) is 12.0 Å². The van der Waals surface area contributed by atoms with Crippen molar-refractivity contribution in [2.45, 2.75) is 6.42 Å². The lowest BCUT2D eigenvalue weighted by molar-refractivity contribution is 1.29. The van der Waals surface area contributed by atoms with E-state index in [2.05, 4.69) is 66.4 Å². The van der Waals surface area contributed by atoms with Crippen LogP contribution in [-0.2, 0) is 0 Å². The summed E-state index contributed by atoms with van der Waals surface area (Å²) in [5.74, 6) is 7.03. The van der Waals surface area contributed by atoms with Gasteiger partial charge in [0, 0.05) is 17.9 Å². The minimum atomic E-state index is 0.579. The van der Waals surface area contributed by atoms with Crippen molar-refractivity contribution < 1.29 is 0 Å². The molecule has 1 heteroatoms. The second-order valence-electron chi connectivity index (χ2n) is 4.43. The predicted molar refractivity (Wildman–Crippen MR) is 83.7 cm³/mol. The first kappa shape index (κ1) is 12.1. The number of alkyl halides is 1. The highest BCUT2D eigenvalue weighted by atomic mass is 35.5. The first-order chi connectivity index (χ1) is 9.40. The van der Waals surface area contributed by atoms with Crippen LogP contribution < -0.4 is 0 Å². The third-order valence-electron chi connectivity index (χ3n) is 3.20. The van der Waals surface area contributed by atoms with E-state index in [4.69, 9.17) is 11.6 Å². The zero-order valence-corrected chi connectivity index (χ0v) is 11.2. The number of benzene rings is 3. The molecule has 0 heterocycles. The lowest BCUT2D eigenvalue weighted by atomic mass is 9.97. The Bertz CT molecular complexity index is 737. The molecule has 0 aliphatic rings. The number of fused-ring (bicyclic) bond motifs is 2. The average molecular weight is 265 g/mol. The van der Waals surface area contributed by atoms with Crippen LogP contribution in [0.1, 0.15) is 12.0 Å². The molecule has 0 fully saturated rings. The smallest absolute Gasteiger partial charge is 0.0402 e. The van der Waals surface area contributed by atoms with Crippen molar-refractivity contribution in [1.82, 2.24) is 0 Å². The highest BCUT2D eigenvalue weighted by Gasteiger charge is 2.04. The van der Waals surface area contributed by atoms with Gasteiger partial charge in [-0.2, -0.15) is 0 Å². The van der Waals surface area contributed by atoms with Gasteiger partial charge in [-0.25, -0.2) is 0 Å². The molecule has 0 nitrogen and oxygen atoms in total. The number of hydrogen-bond donors (Lipinski definition) is 0. The van der Waals surface area contributed by atoms with Crippen LogP contribution in [0.25, 0.3) is 21.5 Å². The Balaban J connectivity index is 2.37. The molecule has 0 saturated carbocycles. The average Bonchev–Trinajstić information content (AvgIpc) is 2.46. The van der Waals surface area contributed by atoms with Gasteiger partial charge in [0.25, 0.3) is 0 Å². The largest absolute Gasteiger partial charge is 0.126 e. The maximum absolute atomic E-state index is 5.70. The monoisotopic (exact) mass is 264 g/mol. The fraction of sp³-hybridized carbons (Fsp3) is 0.111. The van der Waals surface area contributed by atoms with Crippen LogP contribution in [0.15, 0.2) is 54.6 Å². The van der Waals surface area contributed by atoms with E-state index in [1.54, 1.807) is 0 Å². The van der Waals surface area contributed by atoms with Crippen molar-refractivity contribution in [3.63, 3.8) is 0 Å². The van der Waals surface area contributed by atoms with Gasteiger partial charge in [-0.3, -0.25) is 0 Å². The van der Waals surface area contributed by atoms with Crippen LogP contribution in [0.5, 0.6) is 0 Å². The van der Waals surface area contributed by atoms with Crippen molar-refractivity contribution in [3.05, 3.63) is 60.2 Å². The number of halogens is 1. The standard InChI is InChI=1S/C18H13Cl/c19-12-6-5-11-18-16-9-3-1-7-14(16)13-15-8-2-4-10-17(15)18/h1-4,7-10,13H,6,12H2. The molecule has 0 aromatic heterocycles. The summed E-state index contributed by atoms with van der Waals surface area (Å²) in [5, 5.41) is 4.89. The maximum Gasteiger partial charge on any atom is 0.0402 e. The number of hydrogen-bond acceptors (Lipinski definition) is 0. The van der Waals surface area contributed by atoms with Crippen LogP contribution in [-0.4, -0.2) is 5.88 Å². The van der Waals surface area contributed by atoms with E-state index in [-0.39, 0.29) is 0 Å². The van der Waals surface area contributed by atoms with Gasteiger partial charge >= 0.3 is 0 Å². The lowest BCUT2D eigenvalue weighted by Gasteiger charge is -2.06. The molecule has 3 rings (SSSR count). The van der Waals surface area contributed by atoms with Crippen molar-refractivity contribution in [2.75, 3.05) is 5.88 Å². The van der Waals surface area contributed by atoms with Gasteiger partial charge in [-0.1, -0.05) is 60.4 Å². The van der Waals surface area contributed by atoms with E-state index in [1.807, 2.05) is 0 Å². The molecule has 3 aromatic rings. The van der Waals surface area contributed by atoms with E-state index in [9.17, 15) is 0 Å². The maximum atomic E-state index is 5.70. The Morgan fingerprint density at radius 2 is 1.42 bits per heavy atom. The van der Waals surface area contributed by atoms with Gasteiger partial charge in [0.15, 0.2) is 0 Å². The molecule has 0 unspecified atom stereocenters. The zero-order chi connectivity index (χ0) is 13.1. The molecule has 0 amide bonds. The van der Waals surface area contributed by atoms with Crippen LogP contribution in [0.4, 0.5) is 0 Å². The Labute approximate surface area is 118 Å². The third-order valence-corrected chi connectivity index (χ3v) is 3.39. The van der Waals surface area contributed by atoms with Crippen LogP contribution in [0.2, 0.25) is 0 Å². The quantitative estimate of drug-likeness (QED) is 0.331. The SMILES string of the molecule is ClCCC#Cc1c2ccccc2cc2ccccc12. The highest BCUT2D eigenvalue weighted by molar-refractivity contribution is 6.18. The molecule has 0 atom stereocenters. The van der Waals surface area contributed by atoms with E-state index >= 15 is 0 Å². The van der Waals surface area contributed by atoms with Gasteiger partial charge in [0.1, 0.15) is 0 Å². The summed E-state index contributed by atoms with van der Waals surface area (Å²) in [7, 11) is 0. The molecule has 0 aliphatic heterocycles. The van der Waals surface area contributed by atoms with Gasteiger partial charge in [0.2, 0.25) is 0 Å². The second-order valence-corrected chi connectivity index (χ2v) is 4.81. The summed E-state index contributed by atoms with van der Waals surface area (Å²) in [6.07, 6.45) is 0.721. The van der Waals surface area contributed by atoms with Gasteiger partial charge < -0.3 is 0 Å². The Morgan fingerprint density at radius 3 is 2.00 bits per heavy atom. The summed E-state index contributed by atoms with van der Waals surface area (Å²) in [6, 6.07) is 19.0. The van der Waals surface area contributed by atoms with E-state index < -0.39 is 0 Å². The van der Waals surface area contributed by atoms with Gasteiger partial charge in [-0.05, 0) is 27.6 Å². The fourth-order valence-corrected chi connectivity index (χ4v) is 2.44. The first-order valence-electron chi connectivity index (χ1n) is 6.35. The molecule has 0 saturated heterocycles. The van der Waals surface area contributed by atoms with Crippen LogP contribution in [0, 0.1) is 11.8 Å². The van der Waals surface area contributed by atoms with Gasteiger partial charge in [0.05, 0.1) is 0 Å². The molecule has 0 spiro atoms. The van der Waals surface area contributed by atoms with E-state index in [1.165, 1.54) is 21.5 Å². The molecular weight excluding hydrogens is 252 g/mol. The lowest BCUT2D eigenvalue weighted by Crippen LogP contribution is -1.84.